The number of rotatable bonds is 61. The molecule has 0 aliphatic heterocycles. The molecule has 0 saturated carbocycles. The van der Waals surface area contributed by atoms with E-state index in [-0.39, 0.29) is 88.1 Å². The van der Waals surface area contributed by atoms with E-state index in [2.05, 4.69) is 100 Å². The smallest absolute Gasteiger partial charge is 0.326 e. The Kier molecular flexibility index (Phi) is 49.4. The maximum absolute atomic E-state index is 14.2. The molecule has 0 unspecified atom stereocenters. The van der Waals surface area contributed by atoms with E-state index in [9.17, 15) is 112 Å². The number of aliphatic hydroxyl groups is 3. The Morgan fingerprint density at radius 1 is 0.434 bits per heavy atom. The second-order valence-electron chi connectivity index (χ2n) is 30.0. The molecule has 37 N–H and O–H groups in total. The van der Waals surface area contributed by atoms with Gasteiger partial charge in [-0.15, -0.1) is 0 Å². The van der Waals surface area contributed by atoms with Crippen molar-refractivity contribution in [2.75, 3.05) is 51.3 Å². The third-order valence-corrected chi connectivity index (χ3v) is 19.9. The number of primary amides is 2. The van der Waals surface area contributed by atoms with Gasteiger partial charge in [0.25, 0.3) is 0 Å². The van der Waals surface area contributed by atoms with Gasteiger partial charge in [0, 0.05) is 51.4 Å². The second-order valence-corrected chi connectivity index (χ2v) is 31.0. The number of amides is 17. The number of nitrogens with two attached hydrogens (primary N) is 6. The van der Waals surface area contributed by atoms with Gasteiger partial charge in [0.2, 0.25) is 100 Å². The van der Waals surface area contributed by atoms with E-state index in [0.29, 0.717) is 30.5 Å². The van der Waals surface area contributed by atoms with Crippen LogP contribution in [0.1, 0.15) is 122 Å². The minimum Gasteiger partial charge on any atom is -0.508 e. The highest BCUT2D eigenvalue weighted by Gasteiger charge is 2.38. The number of phenols is 1. The maximum Gasteiger partial charge on any atom is 0.326 e. The van der Waals surface area contributed by atoms with Gasteiger partial charge in [-0.1, -0.05) is 48.9 Å². The zero-order chi connectivity index (χ0) is 96.6. The van der Waals surface area contributed by atoms with Crippen molar-refractivity contribution in [1.82, 2.24) is 100 Å². The third-order valence-electron chi connectivity index (χ3n) is 19.2. The summed E-state index contributed by atoms with van der Waals surface area (Å²) in [5, 5.41) is 108. The number of benzene rings is 2. The van der Waals surface area contributed by atoms with Crippen LogP contribution in [0.4, 0.5) is 0 Å². The van der Waals surface area contributed by atoms with Crippen LogP contribution in [0.15, 0.2) is 67.1 Å². The summed E-state index contributed by atoms with van der Waals surface area (Å²) in [6, 6.07) is -8.41. The van der Waals surface area contributed by atoms with Gasteiger partial charge >= 0.3 is 5.97 Å². The Bertz CT molecular complexity index is 4270. The Morgan fingerprint density at radius 2 is 0.837 bits per heavy atom. The molecule has 0 saturated heterocycles. The highest BCUT2D eigenvalue weighted by molar-refractivity contribution is 7.98. The van der Waals surface area contributed by atoms with Crippen LogP contribution in [0, 0.1) is 10.8 Å². The molecule has 0 fully saturated rings. The molecule has 2 aromatic carbocycles. The highest BCUT2D eigenvalue weighted by atomic mass is 32.2. The average molecular weight is 1840 g/mol. The van der Waals surface area contributed by atoms with E-state index in [1.807, 2.05) is 0 Å². The number of phenolic OH excluding ortho intramolecular Hbond substituents is 1. The van der Waals surface area contributed by atoms with Crippen molar-refractivity contribution in [3.8, 4) is 5.75 Å². The Hall–Kier alpha value is -13.4. The van der Waals surface area contributed by atoms with Crippen LogP contribution in [-0.4, -0.2) is 302 Å². The standard InChI is InChI=1S/C78H123N27O23S/c1-39(93-72(123)54(31-43-13-7-6-8-14-43)101-65(116)47(80)15-9-10-27-79)64(115)103-56(37-106)73(124)98-51(23-25-58(82)111)70(121)97-50(22-24-57(81)110)66(117)90-35-59(112)95-52(26-30-129-5)71(122)105-62(42(4)108)74(125)94-40(2)63(114)100-53(32-44-18-20-46(109)21-19-44)67(118)91-36-60(113)104-61(41(3)107)75(126)99-49(17-12-29-89-78(85)86)68(119)96-48(16-11-28-88-77(83)84)69(120)102-55(76(127)128)33-45-34-87-38-92-45/h6-8,13-14,18-21,34,38-42,47-56,61-62,106-109H,9-12,15-17,22-33,35-37,79-80H2,1-5H3,(H2,81,110)(H2,82,111)(H,87,92)(H,90,117)(H,91,118)(H,93,123)(H,94,125)(H,95,112)(H,96,119)(H,97,121)(H,98,124)(H,99,126)(H,100,114)(H,101,116)(H,102,120)(H,103,115)(H,104,113)(H,105,122)(H,127,128)(H4,83,84,88)(H4,85,86,89)/t39-,40-,41+,42+,47-,48-,49-,50-,51-,52-,53-,54-,55-,56-,61-,62-/m0/s1. The predicted molar refractivity (Wildman–Crippen MR) is 464 cm³/mol. The van der Waals surface area contributed by atoms with Gasteiger partial charge in [-0.2, -0.15) is 11.8 Å². The molecule has 16 atom stereocenters. The number of hydrogen-bond acceptors (Lipinski definition) is 28. The molecule has 0 aliphatic carbocycles. The number of carbonyl (C=O) groups excluding carboxylic acids is 17. The number of carboxylic acid groups (broad SMARTS) is 1. The van der Waals surface area contributed by atoms with Gasteiger partial charge in [0.15, 0.2) is 11.9 Å². The number of carbonyl (C=O) groups is 18. The average Bonchev–Trinajstić information content (AvgIpc) is 1.86. The fourth-order valence-electron chi connectivity index (χ4n) is 12.1. The summed E-state index contributed by atoms with van der Waals surface area (Å²) in [6.07, 6.45) is -1.15. The Balaban J connectivity index is 1.77. The van der Waals surface area contributed by atoms with E-state index in [0.717, 1.165) is 20.8 Å². The van der Waals surface area contributed by atoms with Crippen molar-refractivity contribution in [1.29, 1.82) is 10.8 Å². The molecule has 1 heterocycles. The maximum atomic E-state index is 14.2. The van der Waals surface area contributed by atoms with Crippen LogP contribution < -0.4 is 125 Å². The van der Waals surface area contributed by atoms with E-state index < -0.39 is 260 Å². The van der Waals surface area contributed by atoms with Crippen LogP contribution in [0.2, 0.25) is 0 Å². The monoisotopic (exact) mass is 1840 g/mol. The summed E-state index contributed by atoms with van der Waals surface area (Å²) in [7, 11) is 0. The molecule has 50 nitrogen and oxygen atoms in total. The largest absolute Gasteiger partial charge is 0.508 e. The van der Waals surface area contributed by atoms with Gasteiger partial charge in [0.05, 0.1) is 50.0 Å². The molecule has 3 aromatic rings. The highest BCUT2D eigenvalue weighted by Crippen LogP contribution is 2.15. The molecule has 1 aromatic heterocycles. The first kappa shape index (κ1) is 110. The summed E-state index contributed by atoms with van der Waals surface area (Å²) >= 11 is 1.21. The number of H-pyrrole nitrogens is 1. The lowest BCUT2D eigenvalue weighted by Crippen LogP contribution is -2.61. The summed E-state index contributed by atoms with van der Waals surface area (Å²) in [5.41, 5.74) is 34.5. The van der Waals surface area contributed by atoms with Gasteiger partial charge in [-0.3, -0.25) is 92.3 Å². The number of aromatic amines is 1. The summed E-state index contributed by atoms with van der Waals surface area (Å²) < 4.78 is 0. The second kappa shape index (κ2) is 58.1. The van der Waals surface area contributed by atoms with Crippen LogP contribution in [0.5, 0.6) is 5.75 Å². The number of nitrogens with one attached hydrogen (secondary N) is 20. The molecule has 0 radical (unpaired) electrons. The fraction of sp³-hybridized carbons (Fsp3) is 0.551. The number of carboxylic acids is 1. The molecule has 3 rings (SSSR count). The SMILES string of the molecule is CSCC[C@H](NC(=O)CNC(=O)[C@H](CCC(N)=O)NC(=O)[C@H](CCC(N)=O)NC(=O)[C@H](CO)NC(=O)[C@H](C)NC(=O)[C@H](Cc1ccccc1)NC(=O)[C@@H](N)CCCCN)C(=O)N[C@H](C(=O)N[C@@H](C)C(=O)N[C@@H](Cc1ccc(O)cc1)C(=O)NCC(=O)N[C@H](C(=O)N[C@@H](CCCNC(=N)N)C(=O)N[C@@H](CCCNC(=N)N)C(=O)N[C@@H](Cc1c[nH]cn1)C(=O)O)[C@@H](C)O)[C@@H](C)O. The predicted octanol–water partition coefficient (Wildman–Crippen LogP) is -11.2. The summed E-state index contributed by atoms with van der Waals surface area (Å²) in [6.45, 7) is 1.91. The number of aliphatic hydroxyl groups excluding tert-OH is 3. The normalized spacial score (nSPS) is 14.7. The van der Waals surface area contributed by atoms with Crippen LogP contribution in [-0.2, 0) is 106 Å². The molecule has 51 heteroatoms. The molecule has 0 bridgehead atoms. The van der Waals surface area contributed by atoms with Crippen molar-refractivity contribution >= 4 is 130 Å². The lowest BCUT2D eigenvalue weighted by atomic mass is 10.0. The topological polar surface area (TPSA) is 845 Å². The number of aliphatic carboxylic acids is 1. The number of aromatic nitrogens is 2. The number of aromatic hydroxyl groups is 1. The van der Waals surface area contributed by atoms with Crippen LogP contribution in [0.3, 0.4) is 0 Å². The zero-order valence-electron chi connectivity index (χ0n) is 72.0. The van der Waals surface area contributed by atoms with Crippen LogP contribution in [0.25, 0.3) is 0 Å². The number of hydrogen-bond donors (Lipinski definition) is 31. The Labute approximate surface area is 746 Å². The van der Waals surface area contributed by atoms with Crippen molar-refractivity contribution in [3.05, 3.63) is 83.9 Å². The first-order valence-corrected chi connectivity index (χ1v) is 42.5. The van der Waals surface area contributed by atoms with Gasteiger partial charge in [0.1, 0.15) is 84.3 Å². The quantitative estimate of drug-likeness (QED) is 0.0142. The number of imidazole rings is 1. The Morgan fingerprint density at radius 3 is 1.31 bits per heavy atom. The van der Waals surface area contributed by atoms with Crippen molar-refractivity contribution in [2.45, 2.75) is 221 Å². The molecular weight excluding hydrogens is 1720 g/mol. The van der Waals surface area contributed by atoms with E-state index in [1.54, 1.807) is 36.6 Å². The van der Waals surface area contributed by atoms with Gasteiger partial charge in [-0.05, 0) is 127 Å². The zero-order valence-corrected chi connectivity index (χ0v) is 72.9. The molecular formula is C78H123N27O23S. The summed E-state index contributed by atoms with van der Waals surface area (Å²) in [4.78, 5) is 251. The lowest BCUT2D eigenvalue weighted by molar-refractivity contribution is -0.142. The number of thioether (sulfide) groups is 1. The minimum absolute atomic E-state index is 0.0183. The van der Waals surface area contributed by atoms with Gasteiger partial charge in [-0.25, -0.2) is 9.78 Å². The molecule has 129 heavy (non-hydrogen) atoms. The van der Waals surface area contributed by atoms with Crippen LogP contribution >= 0.6 is 11.8 Å². The van der Waals surface area contributed by atoms with E-state index in [4.69, 9.17) is 45.2 Å². The van der Waals surface area contributed by atoms with Crippen molar-refractivity contribution in [3.63, 3.8) is 0 Å². The first-order chi connectivity index (χ1) is 61.0. The molecule has 17 amide bonds. The molecule has 0 aliphatic rings. The molecule has 0 spiro atoms. The molecule has 714 valence electrons. The fourth-order valence-corrected chi connectivity index (χ4v) is 12.6. The number of nitrogens with zero attached hydrogens (tertiary/aromatic N) is 1. The number of unbranched alkanes of at least 4 members (excludes halogenated alkanes) is 1. The minimum atomic E-state index is -1.89. The van der Waals surface area contributed by atoms with E-state index >= 15 is 0 Å². The van der Waals surface area contributed by atoms with Gasteiger partial charge < -0.3 is 155 Å². The summed E-state index contributed by atoms with van der Waals surface area (Å²) in [5.74, 6) is -20.2. The lowest BCUT2D eigenvalue weighted by Gasteiger charge is -2.27. The number of guanidine groups is 2. The third kappa shape index (κ3) is 42.6. The first-order valence-electron chi connectivity index (χ1n) is 41.1. The van der Waals surface area contributed by atoms with Crippen molar-refractivity contribution in [2.24, 2.45) is 34.4 Å². The van der Waals surface area contributed by atoms with Crippen molar-refractivity contribution < 1.29 is 112 Å². The van der Waals surface area contributed by atoms with E-state index in [1.165, 1.54) is 55.5 Å².